The Labute approximate surface area is 142 Å². The van der Waals surface area contributed by atoms with Crippen LogP contribution in [-0.2, 0) is 10.3 Å². The Bertz CT molecular complexity index is 786. The summed E-state index contributed by atoms with van der Waals surface area (Å²) in [5.41, 5.74) is 3.40. The summed E-state index contributed by atoms with van der Waals surface area (Å²) in [6.07, 6.45) is 0.814. The maximum absolute atomic E-state index is 14.6. The van der Waals surface area contributed by atoms with Crippen molar-refractivity contribution >= 4 is 5.97 Å². The number of aliphatic carboxylic acids is 1. The van der Waals surface area contributed by atoms with Crippen molar-refractivity contribution in [3.05, 3.63) is 35.9 Å². The van der Waals surface area contributed by atoms with E-state index in [0.717, 1.165) is 12.4 Å². The number of carboxylic acids is 1. The van der Waals surface area contributed by atoms with E-state index in [1.54, 1.807) is 20.8 Å². The van der Waals surface area contributed by atoms with E-state index in [2.05, 4.69) is 10.2 Å². The fourth-order valence-corrected chi connectivity index (χ4v) is 2.73. The van der Waals surface area contributed by atoms with Gasteiger partial charge < -0.3 is 10.8 Å². The van der Waals surface area contributed by atoms with E-state index in [1.165, 1.54) is 12.1 Å². The molecule has 0 aliphatic carbocycles. The van der Waals surface area contributed by atoms with Crippen molar-refractivity contribution in [2.75, 3.05) is 0 Å². The summed E-state index contributed by atoms with van der Waals surface area (Å²) in [4.78, 5) is 11.7. The molecule has 0 radical (unpaired) electrons. The highest BCUT2D eigenvalue weighted by atomic mass is 19.3. The van der Waals surface area contributed by atoms with Gasteiger partial charge in [0.25, 0.3) is 0 Å². The molecule has 1 aromatic carbocycles. The van der Waals surface area contributed by atoms with Gasteiger partial charge in [-0.2, -0.15) is 8.78 Å². The first-order chi connectivity index (χ1) is 11.5. The van der Waals surface area contributed by atoms with Crippen molar-refractivity contribution in [1.29, 1.82) is 0 Å². The molecule has 0 saturated carbocycles. The van der Waals surface area contributed by atoms with Crippen LogP contribution >= 0.6 is 0 Å². The standard InChI is InChI=1S/C16H19F3N4O2/c1-15(2,3)7-16(20,13(24)25)10-5-4-9(6-11(10)17)12-22-21-8-23(12)14(18)19/h4-6,8,14H,7,20H2,1-3H3,(H,24,25)/t16-/m1/s1. The third-order valence-electron chi connectivity index (χ3n) is 3.68. The summed E-state index contributed by atoms with van der Waals surface area (Å²) < 4.78 is 40.9. The van der Waals surface area contributed by atoms with Crippen LogP contribution in [0.1, 0.15) is 39.3 Å². The molecule has 6 nitrogen and oxygen atoms in total. The van der Waals surface area contributed by atoms with Crippen LogP contribution in [0.5, 0.6) is 0 Å². The van der Waals surface area contributed by atoms with Crippen molar-refractivity contribution in [2.45, 2.75) is 39.3 Å². The summed E-state index contributed by atoms with van der Waals surface area (Å²) in [6.45, 7) is 2.47. The van der Waals surface area contributed by atoms with E-state index >= 15 is 0 Å². The minimum Gasteiger partial charge on any atom is -0.480 e. The van der Waals surface area contributed by atoms with Gasteiger partial charge in [0.05, 0.1) is 0 Å². The Balaban J connectivity index is 2.51. The van der Waals surface area contributed by atoms with Crippen LogP contribution in [0.4, 0.5) is 13.2 Å². The maximum Gasteiger partial charge on any atom is 0.328 e. The first-order valence-electron chi connectivity index (χ1n) is 7.46. The Morgan fingerprint density at radius 1 is 1.36 bits per heavy atom. The average molecular weight is 356 g/mol. The second kappa shape index (κ2) is 6.47. The lowest BCUT2D eigenvalue weighted by Crippen LogP contribution is -2.48. The molecule has 0 aliphatic heterocycles. The molecule has 3 N–H and O–H groups in total. The largest absolute Gasteiger partial charge is 0.480 e. The molecule has 25 heavy (non-hydrogen) atoms. The fraction of sp³-hybridized carbons (Fsp3) is 0.438. The molecule has 0 spiro atoms. The van der Waals surface area contributed by atoms with Crippen molar-refractivity contribution in [2.24, 2.45) is 11.1 Å². The zero-order valence-electron chi connectivity index (χ0n) is 14.0. The Morgan fingerprint density at radius 3 is 2.48 bits per heavy atom. The lowest BCUT2D eigenvalue weighted by molar-refractivity contribution is -0.145. The molecule has 0 bridgehead atoms. The van der Waals surface area contributed by atoms with Crippen LogP contribution in [0.3, 0.4) is 0 Å². The van der Waals surface area contributed by atoms with E-state index < -0.39 is 29.3 Å². The van der Waals surface area contributed by atoms with Gasteiger partial charge in [-0.15, -0.1) is 10.2 Å². The number of halogens is 3. The summed E-state index contributed by atoms with van der Waals surface area (Å²) in [7, 11) is 0. The number of alkyl halides is 2. The zero-order valence-corrected chi connectivity index (χ0v) is 14.0. The highest BCUT2D eigenvalue weighted by molar-refractivity contribution is 5.81. The van der Waals surface area contributed by atoms with Gasteiger partial charge >= 0.3 is 12.5 Å². The molecule has 0 unspecified atom stereocenters. The minimum absolute atomic E-state index is 0.0151. The van der Waals surface area contributed by atoms with Crippen molar-refractivity contribution in [1.82, 2.24) is 14.8 Å². The molecule has 0 fully saturated rings. The predicted molar refractivity (Wildman–Crippen MR) is 84.2 cm³/mol. The average Bonchev–Trinajstić information content (AvgIpc) is 2.94. The van der Waals surface area contributed by atoms with Crippen LogP contribution in [0.2, 0.25) is 0 Å². The number of hydrogen-bond donors (Lipinski definition) is 2. The fourth-order valence-electron chi connectivity index (χ4n) is 2.73. The number of nitrogens with two attached hydrogens (primary N) is 1. The highest BCUT2D eigenvalue weighted by Crippen LogP contribution is 2.35. The van der Waals surface area contributed by atoms with Gasteiger partial charge in [0.15, 0.2) is 5.82 Å². The number of rotatable bonds is 5. The number of carbonyl (C=O) groups is 1. The molecule has 0 amide bonds. The summed E-state index contributed by atoms with van der Waals surface area (Å²) >= 11 is 0. The number of carboxylic acid groups (broad SMARTS) is 1. The molecule has 9 heteroatoms. The van der Waals surface area contributed by atoms with Gasteiger partial charge in [-0.1, -0.05) is 32.9 Å². The predicted octanol–water partition coefficient (Wildman–Crippen LogP) is 3.15. The van der Waals surface area contributed by atoms with Gasteiger partial charge in [-0.3, -0.25) is 4.57 Å². The van der Waals surface area contributed by atoms with E-state index in [4.69, 9.17) is 5.73 Å². The third-order valence-corrected chi connectivity index (χ3v) is 3.68. The number of hydrogen-bond acceptors (Lipinski definition) is 4. The van der Waals surface area contributed by atoms with E-state index in [0.29, 0.717) is 4.57 Å². The van der Waals surface area contributed by atoms with E-state index in [-0.39, 0.29) is 23.4 Å². The van der Waals surface area contributed by atoms with Crippen LogP contribution in [0.25, 0.3) is 11.4 Å². The smallest absolute Gasteiger partial charge is 0.328 e. The van der Waals surface area contributed by atoms with Crippen LogP contribution < -0.4 is 5.73 Å². The van der Waals surface area contributed by atoms with Crippen LogP contribution in [-0.4, -0.2) is 25.8 Å². The van der Waals surface area contributed by atoms with Gasteiger partial charge in [0.2, 0.25) is 0 Å². The number of aromatic nitrogens is 3. The molecular formula is C16H19F3N4O2. The molecule has 0 saturated heterocycles. The molecule has 2 aromatic rings. The van der Waals surface area contributed by atoms with Gasteiger partial charge in [0, 0.05) is 11.1 Å². The normalized spacial score (nSPS) is 14.6. The summed E-state index contributed by atoms with van der Waals surface area (Å²) in [6, 6.07) is 3.43. The molecule has 0 aliphatic rings. The van der Waals surface area contributed by atoms with Gasteiger partial charge in [-0.05, 0) is 17.9 Å². The first kappa shape index (κ1) is 18.9. The van der Waals surface area contributed by atoms with Crippen molar-refractivity contribution in [3.63, 3.8) is 0 Å². The van der Waals surface area contributed by atoms with Gasteiger partial charge in [0.1, 0.15) is 17.7 Å². The molecular weight excluding hydrogens is 337 g/mol. The second-order valence-electron chi connectivity index (χ2n) is 7.05. The van der Waals surface area contributed by atoms with Crippen molar-refractivity contribution in [3.8, 4) is 11.4 Å². The molecule has 2 rings (SSSR count). The topological polar surface area (TPSA) is 94.0 Å². The Morgan fingerprint density at radius 2 is 2.00 bits per heavy atom. The van der Waals surface area contributed by atoms with Crippen LogP contribution in [0.15, 0.2) is 24.5 Å². The summed E-state index contributed by atoms with van der Waals surface area (Å²) in [5, 5.41) is 16.5. The maximum atomic E-state index is 14.6. The van der Waals surface area contributed by atoms with Crippen molar-refractivity contribution < 1.29 is 23.1 Å². The second-order valence-corrected chi connectivity index (χ2v) is 7.05. The zero-order chi connectivity index (χ0) is 19.0. The Hall–Kier alpha value is -2.42. The van der Waals surface area contributed by atoms with Gasteiger partial charge in [-0.25, -0.2) is 9.18 Å². The van der Waals surface area contributed by atoms with E-state index in [1.807, 2.05) is 0 Å². The highest BCUT2D eigenvalue weighted by Gasteiger charge is 2.41. The first-order valence-corrected chi connectivity index (χ1v) is 7.46. The third kappa shape index (κ3) is 3.81. The molecule has 136 valence electrons. The molecule has 1 heterocycles. The SMILES string of the molecule is CC(C)(C)C[C@](N)(C(=O)O)c1ccc(-c2nncn2C(F)F)cc1F. The van der Waals surface area contributed by atoms with Crippen LogP contribution in [0, 0.1) is 11.2 Å². The lowest BCUT2D eigenvalue weighted by atomic mass is 9.76. The Kier molecular flexibility index (Phi) is 4.90. The number of nitrogens with zero attached hydrogens (tertiary/aromatic N) is 3. The molecule has 1 atom stereocenters. The minimum atomic E-state index is -2.89. The van der Waals surface area contributed by atoms with E-state index in [9.17, 15) is 23.1 Å². The molecule has 1 aromatic heterocycles. The number of benzene rings is 1. The quantitative estimate of drug-likeness (QED) is 0.858. The monoisotopic (exact) mass is 356 g/mol. The lowest BCUT2D eigenvalue weighted by Gasteiger charge is -2.32. The summed E-state index contributed by atoms with van der Waals surface area (Å²) in [5.74, 6) is -2.51.